The summed E-state index contributed by atoms with van der Waals surface area (Å²) in [7, 11) is 0. The fraction of sp³-hybridized carbons (Fsp3) is 0.462. The molecule has 5 heteroatoms. The number of amides is 1. The standard InChI is InChI=1S/C13H17ClN2O.ClH/c1-11(17)16-8-6-15(7-9-16)10-12-4-2-3-5-13(12)14;/h2-5H,6-10H2,1H3;1H. The van der Waals surface area contributed by atoms with Crippen molar-refractivity contribution in [3.8, 4) is 0 Å². The first-order valence-corrected chi connectivity index (χ1v) is 6.26. The summed E-state index contributed by atoms with van der Waals surface area (Å²) in [5, 5.41) is 0.821. The van der Waals surface area contributed by atoms with Gasteiger partial charge in [-0.3, -0.25) is 9.69 Å². The van der Waals surface area contributed by atoms with E-state index < -0.39 is 0 Å². The third-order valence-electron chi connectivity index (χ3n) is 3.17. The number of rotatable bonds is 2. The Kier molecular flexibility index (Phi) is 5.93. The van der Waals surface area contributed by atoms with E-state index in [0.717, 1.165) is 43.3 Å². The van der Waals surface area contributed by atoms with E-state index in [1.54, 1.807) is 6.92 Å². The number of nitrogens with zero attached hydrogens (tertiary/aromatic N) is 2. The summed E-state index contributed by atoms with van der Waals surface area (Å²) < 4.78 is 0. The number of halogens is 2. The topological polar surface area (TPSA) is 23.6 Å². The summed E-state index contributed by atoms with van der Waals surface area (Å²) in [6, 6.07) is 7.93. The van der Waals surface area contributed by atoms with Gasteiger partial charge in [-0.15, -0.1) is 12.4 Å². The second kappa shape index (κ2) is 6.98. The van der Waals surface area contributed by atoms with E-state index >= 15 is 0 Å². The van der Waals surface area contributed by atoms with Crippen molar-refractivity contribution >= 4 is 29.9 Å². The van der Waals surface area contributed by atoms with Crippen LogP contribution >= 0.6 is 24.0 Å². The molecule has 0 radical (unpaired) electrons. The van der Waals surface area contributed by atoms with E-state index in [1.165, 1.54) is 0 Å². The average molecular weight is 289 g/mol. The lowest BCUT2D eigenvalue weighted by Gasteiger charge is -2.34. The van der Waals surface area contributed by atoms with E-state index in [0.29, 0.717) is 0 Å². The molecule has 1 fully saturated rings. The second-order valence-corrected chi connectivity index (χ2v) is 4.78. The Balaban J connectivity index is 0.00000162. The van der Waals surface area contributed by atoms with Crippen molar-refractivity contribution in [1.82, 2.24) is 9.80 Å². The van der Waals surface area contributed by atoms with Gasteiger partial charge in [0.25, 0.3) is 0 Å². The van der Waals surface area contributed by atoms with Crippen molar-refractivity contribution in [3.05, 3.63) is 34.9 Å². The first-order chi connectivity index (χ1) is 8.16. The van der Waals surface area contributed by atoms with Gasteiger partial charge in [0.05, 0.1) is 0 Å². The van der Waals surface area contributed by atoms with Crippen molar-refractivity contribution < 1.29 is 4.79 Å². The van der Waals surface area contributed by atoms with Crippen LogP contribution in [0.5, 0.6) is 0 Å². The highest BCUT2D eigenvalue weighted by atomic mass is 35.5. The summed E-state index contributed by atoms with van der Waals surface area (Å²) >= 11 is 6.13. The van der Waals surface area contributed by atoms with Crippen molar-refractivity contribution in [2.75, 3.05) is 26.2 Å². The van der Waals surface area contributed by atoms with Gasteiger partial charge in [-0.1, -0.05) is 29.8 Å². The number of piperazine rings is 1. The molecule has 1 saturated heterocycles. The molecule has 0 aliphatic carbocycles. The molecule has 0 unspecified atom stereocenters. The average Bonchev–Trinajstić information content (AvgIpc) is 2.33. The van der Waals surface area contributed by atoms with Gasteiger partial charge < -0.3 is 4.90 Å². The van der Waals surface area contributed by atoms with Crippen LogP contribution in [-0.4, -0.2) is 41.9 Å². The van der Waals surface area contributed by atoms with Gasteiger partial charge in [0.15, 0.2) is 0 Å². The largest absolute Gasteiger partial charge is 0.340 e. The molecule has 1 heterocycles. The van der Waals surface area contributed by atoms with Crippen LogP contribution in [0.3, 0.4) is 0 Å². The van der Waals surface area contributed by atoms with Crippen molar-refractivity contribution in [2.45, 2.75) is 13.5 Å². The third-order valence-corrected chi connectivity index (χ3v) is 3.54. The monoisotopic (exact) mass is 288 g/mol. The summed E-state index contributed by atoms with van der Waals surface area (Å²) in [6.07, 6.45) is 0. The quantitative estimate of drug-likeness (QED) is 0.835. The summed E-state index contributed by atoms with van der Waals surface area (Å²) in [5.74, 6) is 0.169. The minimum absolute atomic E-state index is 0. The lowest BCUT2D eigenvalue weighted by molar-refractivity contribution is -0.130. The van der Waals surface area contributed by atoms with E-state index in [9.17, 15) is 4.79 Å². The SMILES string of the molecule is CC(=O)N1CCN(Cc2ccccc2Cl)CC1.Cl. The number of carbonyl (C=O) groups is 1. The van der Waals surface area contributed by atoms with E-state index in [1.807, 2.05) is 23.1 Å². The Hall–Kier alpha value is -0.770. The fourth-order valence-electron chi connectivity index (χ4n) is 2.09. The number of benzene rings is 1. The maximum absolute atomic E-state index is 11.2. The van der Waals surface area contributed by atoms with Crippen LogP contribution in [0.2, 0.25) is 5.02 Å². The second-order valence-electron chi connectivity index (χ2n) is 4.37. The van der Waals surface area contributed by atoms with E-state index in [4.69, 9.17) is 11.6 Å². The number of carbonyl (C=O) groups excluding carboxylic acids is 1. The molecule has 0 bridgehead atoms. The van der Waals surface area contributed by atoms with Crippen LogP contribution in [0.1, 0.15) is 12.5 Å². The highest BCUT2D eigenvalue weighted by Crippen LogP contribution is 2.17. The van der Waals surface area contributed by atoms with E-state index in [2.05, 4.69) is 11.0 Å². The lowest BCUT2D eigenvalue weighted by Crippen LogP contribution is -2.47. The Bertz CT molecular complexity index is 404. The molecule has 1 aromatic carbocycles. The first-order valence-electron chi connectivity index (χ1n) is 5.88. The molecule has 100 valence electrons. The predicted octanol–water partition coefficient (Wildman–Crippen LogP) is 2.43. The van der Waals surface area contributed by atoms with Crippen LogP contribution in [0.4, 0.5) is 0 Å². The Labute approximate surface area is 119 Å². The maximum atomic E-state index is 11.2. The molecule has 18 heavy (non-hydrogen) atoms. The molecule has 1 amide bonds. The molecule has 0 saturated carbocycles. The van der Waals surface area contributed by atoms with Gasteiger partial charge in [0.1, 0.15) is 0 Å². The molecule has 0 spiro atoms. The zero-order valence-corrected chi connectivity index (χ0v) is 12.0. The minimum Gasteiger partial charge on any atom is -0.340 e. The van der Waals surface area contributed by atoms with Gasteiger partial charge in [0.2, 0.25) is 5.91 Å². The molecule has 2 rings (SSSR count). The highest BCUT2D eigenvalue weighted by Gasteiger charge is 2.18. The van der Waals surface area contributed by atoms with Gasteiger partial charge in [-0.25, -0.2) is 0 Å². The molecule has 1 aliphatic rings. The van der Waals surface area contributed by atoms with Crippen LogP contribution in [0.25, 0.3) is 0 Å². The van der Waals surface area contributed by atoms with Crippen LogP contribution in [0.15, 0.2) is 24.3 Å². The Morgan fingerprint density at radius 1 is 1.22 bits per heavy atom. The minimum atomic E-state index is 0. The smallest absolute Gasteiger partial charge is 0.219 e. The molecular formula is C13H18Cl2N2O. The molecule has 0 aromatic heterocycles. The zero-order chi connectivity index (χ0) is 12.3. The van der Waals surface area contributed by atoms with Crippen molar-refractivity contribution in [1.29, 1.82) is 0 Å². The van der Waals surface area contributed by atoms with Crippen molar-refractivity contribution in [3.63, 3.8) is 0 Å². The summed E-state index contributed by atoms with van der Waals surface area (Å²) in [4.78, 5) is 15.4. The molecule has 3 nitrogen and oxygen atoms in total. The van der Waals surface area contributed by atoms with Gasteiger partial charge >= 0.3 is 0 Å². The third kappa shape index (κ3) is 3.87. The number of hydrogen-bond donors (Lipinski definition) is 0. The first kappa shape index (κ1) is 15.3. The molecule has 1 aliphatic heterocycles. The normalized spacial score (nSPS) is 16.2. The fourth-order valence-corrected chi connectivity index (χ4v) is 2.28. The molecule has 1 aromatic rings. The maximum Gasteiger partial charge on any atom is 0.219 e. The zero-order valence-electron chi connectivity index (χ0n) is 10.4. The molecule has 0 atom stereocenters. The number of hydrogen-bond acceptors (Lipinski definition) is 2. The van der Waals surface area contributed by atoms with Crippen molar-refractivity contribution in [2.24, 2.45) is 0 Å². The lowest BCUT2D eigenvalue weighted by atomic mass is 10.2. The predicted molar refractivity (Wildman–Crippen MR) is 76.2 cm³/mol. The Morgan fingerprint density at radius 3 is 2.39 bits per heavy atom. The Morgan fingerprint density at radius 2 is 1.83 bits per heavy atom. The van der Waals surface area contributed by atoms with Crippen LogP contribution < -0.4 is 0 Å². The summed E-state index contributed by atoms with van der Waals surface area (Å²) in [5.41, 5.74) is 1.16. The van der Waals surface area contributed by atoms with E-state index in [-0.39, 0.29) is 18.3 Å². The van der Waals surface area contributed by atoms with Gasteiger partial charge in [-0.2, -0.15) is 0 Å². The van der Waals surface area contributed by atoms with Gasteiger partial charge in [0, 0.05) is 44.7 Å². The summed E-state index contributed by atoms with van der Waals surface area (Å²) in [6.45, 7) is 5.98. The van der Waals surface area contributed by atoms with Crippen LogP contribution in [-0.2, 0) is 11.3 Å². The molecular weight excluding hydrogens is 271 g/mol. The van der Waals surface area contributed by atoms with Crippen LogP contribution in [0, 0.1) is 0 Å². The highest BCUT2D eigenvalue weighted by molar-refractivity contribution is 6.31. The van der Waals surface area contributed by atoms with Gasteiger partial charge in [-0.05, 0) is 11.6 Å². The molecule has 0 N–H and O–H groups in total.